The van der Waals surface area contributed by atoms with Crippen molar-refractivity contribution < 1.29 is 14.0 Å². The predicted molar refractivity (Wildman–Crippen MR) is 109 cm³/mol. The lowest BCUT2D eigenvalue weighted by molar-refractivity contribution is 0.0945. The summed E-state index contributed by atoms with van der Waals surface area (Å²) >= 11 is 3.32. The van der Waals surface area contributed by atoms with Gasteiger partial charge < -0.3 is 10.2 Å². The number of halogens is 1. The molecule has 4 rings (SSSR count). The molecular formula is C21H14BrN3O3. The first-order valence-corrected chi connectivity index (χ1v) is 9.18. The molecule has 0 fully saturated rings. The van der Waals surface area contributed by atoms with Crippen LogP contribution in [0.15, 0.2) is 80.7 Å². The molecule has 4 aromatic rings. The molecule has 1 aromatic heterocycles. The molecule has 7 heteroatoms. The molecule has 1 heterocycles. The van der Waals surface area contributed by atoms with E-state index in [-0.39, 0.29) is 11.1 Å². The maximum absolute atomic E-state index is 12.4. The van der Waals surface area contributed by atoms with Crippen LogP contribution in [-0.4, -0.2) is 11.8 Å². The van der Waals surface area contributed by atoms with Gasteiger partial charge in [-0.05, 0) is 51.0 Å². The van der Waals surface area contributed by atoms with Crippen LogP contribution in [0.5, 0.6) is 0 Å². The summed E-state index contributed by atoms with van der Waals surface area (Å²) in [4.78, 5) is 24.3. The number of nitrogens with zero attached hydrogens (tertiary/aromatic N) is 1. The molecule has 0 aliphatic carbocycles. The summed E-state index contributed by atoms with van der Waals surface area (Å²) in [5, 5.41) is 6.66. The van der Waals surface area contributed by atoms with Gasteiger partial charge in [-0.25, -0.2) is 5.43 Å². The molecule has 2 amide bonds. The lowest BCUT2D eigenvalue weighted by atomic mass is 10.0. The first kappa shape index (κ1) is 17.9. The average Bonchev–Trinajstić information content (AvgIpc) is 2.71. The standard InChI is InChI=1S/C21H14BrN3O3/c22-17-8-4-3-7-14(17)20(27)24-25-21-16(19(23)26)11-15-13-6-2-1-5-12(13)9-10-18(15)28-21/h1-11H,(H2,23,26)(H,24,27)/b25-21+. The van der Waals surface area contributed by atoms with Crippen molar-refractivity contribution >= 4 is 49.5 Å². The van der Waals surface area contributed by atoms with Gasteiger partial charge in [0, 0.05) is 9.86 Å². The Morgan fingerprint density at radius 2 is 1.68 bits per heavy atom. The van der Waals surface area contributed by atoms with Gasteiger partial charge in [0.15, 0.2) is 0 Å². The molecule has 0 saturated carbocycles. The Morgan fingerprint density at radius 1 is 0.929 bits per heavy atom. The normalized spacial score (nSPS) is 11.7. The van der Waals surface area contributed by atoms with Crippen molar-refractivity contribution in [1.29, 1.82) is 0 Å². The quantitative estimate of drug-likeness (QED) is 0.379. The third kappa shape index (κ3) is 3.27. The van der Waals surface area contributed by atoms with Crippen molar-refractivity contribution in [3.8, 4) is 0 Å². The molecule has 0 aliphatic rings. The minimum Gasteiger partial charge on any atom is -0.436 e. The largest absolute Gasteiger partial charge is 0.436 e. The summed E-state index contributed by atoms with van der Waals surface area (Å²) in [6.45, 7) is 0. The Kier molecular flexibility index (Phi) is 4.67. The van der Waals surface area contributed by atoms with Crippen LogP contribution >= 0.6 is 15.9 Å². The first-order chi connectivity index (χ1) is 13.5. The molecular weight excluding hydrogens is 422 g/mol. The molecule has 3 N–H and O–H groups in total. The van der Waals surface area contributed by atoms with Gasteiger partial charge >= 0.3 is 0 Å². The number of primary amides is 1. The van der Waals surface area contributed by atoms with E-state index in [9.17, 15) is 9.59 Å². The lowest BCUT2D eigenvalue weighted by Gasteiger charge is -2.06. The summed E-state index contributed by atoms with van der Waals surface area (Å²) in [6.07, 6.45) is 0. The predicted octanol–water partition coefficient (Wildman–Crippen LogP) is 3.69. The highest BCUT2D eigenvalue weighted by Gasteiger charge is 2.13. The van der Waals surface area contributed by atoms with Crippen molar-refractivity contribution in [2.24, 2.45) is 10.8 Å². The highest BCUT2D eigenvalue weighted by atomic mass is 79.9. The maximum atomic E-state index is 12.4. The summed E-state index contributed by atoms with van der Waals surface area (Å²) in [5.41, 5.74) is 8.87. The Hall–Kier alpha value is -3.45. The second-order valence-electron chi connectivity index (χ2n) is 6.06. The van der Waals surface area contributed by atoms with Crippen LogP contribution in [0.2, 0.25) is 0 Å². The van der Waals surface area contributed by atoms with Gasteiger partial charge in [0.1, 0.15) is 11.1 Å². The summed E-state index contributed by atoms with van der Waals surface area (Å²) in [5.74, 6) is -1.15. The van der Waals surface area contributed by atoms with Crippen molar-refractivity contribution in [2.45, 2.75) is 0 Å². The number of nitrogens with one attached hydrogen (secondary N) is 1. The number of nitrogens with two attached hydrogens (primary N) is 1. The highest BCUT2D eigenvalue weighted by Crippen LogP contribution is 2.24. The van der Waals surface area contributed by atoms with Crippen LogP contribution in [0.1, 0.15) is 20.7 Å². The van der Waals surface area contributed by atoms with Crippen LogP contribution in [0, 0.1) is 0 Å². The van der Waals surface area contributed by atoms with Gasteiger partial charge in [-0.1, -0.05) is 42.5 Å². The van der Waals surface area contributed by atoms with Gasteiger partial charge in [0.05, 0.1) is 5.56 Å². The van der Waals surface area contributed by atoms with Crippen molar-refractivity contribution in [1.82, 2.24) is 5.43 Å². The Labute approximate surface area is 167 Å². The molecule has 0 spiro atoms. The fraction of sp³-hybridized carbons (Fsp3) is 0. The van der Waals surface area contributed by atoms with E-state index in [4.69, 9.17) is 10.2 Å². The monoisotopic (exact) mass is 435 g/mol. The number of fused-ring (bicyclic) bond motifs is 3. The van der Waals surface area contributed by atoms with Crippen LogP contribution in [0.25, 0.3) is 21.7 Å². The zero-order chi connectivity index (χ0) is 19.7. The molecule has 6 nitrogen and oxygen atoms in total. The second-order valence-corrected chi connectivity index (χ2v) is 6.91. The molecule has 0 unspecified atom stereocenters. The summed E-state index contributed by atoms with van der Waals surface area (Å²) in [7, 11) is 0. The van der Waals surface area contributed by atoms with Crippen molar-refractivity contribution in [2.75, 3.05) is 0 Å². The summed E-state index contributed by atoms with van der Waals surface area (Å²) < 4.78 is 6.41. The second kappa shape index (κ2) is 7.28. The van der Waals surface area contributed by atoms with E-state index in [1.165, 1.54) is 0 Å². The van der Waals surface area contributed by atoms with Gasteiger partial charge in [0.25, 0.3) is 11.8 Å². The number of benzene rings is 3. The van der Waals surface area contributed by atoms with Gasteiger partial charge in [0.2, 0.25) is 5.55 Å². The smallest absolute Gasteiger partial charge is 0.272 e. The minimum absolute atomic E-state index is 0.0596. The van der Waals surface area contributed by atoms with E-state index in [1.807, 2.05) is 30.3 Å². The first-order valence-electron chi connectivity index (χ1n) is 8.38. The average molecular weight is 436 g/mol. The number of amides is 2. The molecule has 138 valence electrons. The van der Waals surface area contributed by atoms with Crippen LogP contribution < -0.4 is 16.7 Å². The Balaban J connectivity index is 1.84. The lowest BCUT2D eigenvalue weighted by Crippen LogP contribution is -2.27. The molecule has 28 heavy (non-hydrogen) atoms. The van der Waals surface area contributed by atoms with Gasteiger partial charge in [-0.2, -0.15) is 0 Å². The van der Waals surface area contributed by atoms with E-state index in [1.54, 1.807) is 36.4 Å². The third-order valence-corrected chi connectivity index (χ3v) is 4.99. The number of hydrogen-bond acceptors (Lipinski definition) is 4. The maximum Gasteiger partial charge on any atom is 0.272 e. The molecule has 0 radical (unpaired) electrons. The van der Waals surface area contributed by atoms with Crippen LogP contribution in [-0.2, 0) is 0 Å². The Bertz CT molecular complexity index is 1310. The molecule has 0 aliphatic heterocycles. The van der Waals surface area contributed by atoms with E-state index < -0.39 is 11.8 Å². The minimum atomic E-state index is -0.701. The van der Waals surface area contributed by atoms with E-state index in [0.29, 0.717) is 15.6 Å². The zero-order valence-corrected chi connectivity index (χ0v) is 16.1. The number of carbonyl (C=O) groups is 2. The molecule has 0 atom stereocenters. The third-order valence-electron chi connectivity index (χ3n) is 4.30. The topological polar surface area (TPSA) is 97.7 Å². The van der Waals surface area contributed by atoms with E-state index >= 15 is 0 Å². The molecule has 3 aromatic carbocycles. The number of hydrogen-bond donors (Lipinski definition) is 2. The Morgan fingerprint density at radius 3 is 2.46 bits per heavy atom. The van der Waals surface area contributed by atoms with Crippen molar-refractivity contribution in [3.05, 3.63) is 87.9 Å². The van der Waals surface area contributed by atoms with Crippen LogP contribution in [0.3, 0.4) is 0 Å². The fourth-order valence-corrected chi connectivity index (χ4v) is 3.41. The number of rotatable bonds is 3. The van der Waals surface area contributed by atoms with Gasteiger partial charge in [-0.15, -0.1) is 5.10 Å². The van der Waals surface area contributed by atoms with E-state index in [2.05, 4.69) is 26.5 Å². The fourth-order valence-electron chi connectivity index (χ4n) is 2.95. The van der Waals surface area contributed by atoms with Crippen molar-refractivity contribution in [3.63, 3.8) is 0 Å². The SMILES string of the molecule is NC(=O)c1cc2c(ccc3ccccc32)o/c1=N/NC(=O)c1ccccc1Br. The molecule has 0 bridgehead atoms. The zero-order valence-electron chi connectivity index (χ0n) is 14.5. The molecule has 0 saturated heterocycles. The summed E-state index contributed by atoms with van der Waals surface area (Å²) in [6, 6.07) is 20.0. The van der Waals surface area contributed by atoms with Gasteiger partial charge in [-0.3, -0.25) is 9.59 Å². The van der Waals surface area contributed by atoms with E-state index in [0.717, 1.165) is 16.2 Å². The number of carbonyl (C=O) groups excluding carboxylic acids is 2. The highest BCUT2D eigenvalue weighted by molar-refractivity contribution is 9.10. The van der Waals surface area contributed by atoms with Crippen LogP contribution in [0.4, 0.5) is 0 Å².